The Labute approximate surface area is 116 Å². The Morgan fingerprint density at radius 1 is 1.11 bits per heavy atom. The number of hydrogen-bond donors (Lipinski definition) is 1. The molecule has 2 aromatic carbocycles. The molecule has 0 unspecified atom stereocenters. The number of aryl methyl sites for hydroxylation is 1. The third-order valence-electron chi connectivity index (χ3n) is 2.90. The number of hydrogen-bond acceptors (Lipinski definition) is 1. The Bertz CT molecular complexity index is 741. The van der Waals surface area contributed by atoms with Gasteiger partial charge in [0, 0.05) is 6.07 Å². The Morgan fingerprint density at radius 2 is 1.89 bits per heavy atom. The molecule has 0 saturated carbocycles. The quantitative estimate of drug-likeness (QED) is 0.698. The Morgan fingerprint density at radius 3 is 2.68 bits per heavy atom. The van der Waals surface area contributed by atoms with Gasteiger partial charge in [0.25, 0.3) is 0 Å². The lowest BCUT2D eigenvalue weighted by Gasteiger charge is -2.00. The predicted octanol–water partition coefficient (Wildman–Crippen LogP) is 4.58. The number of halogens is 3. The number of imidazole rings is 1. The summed E-state index contributed by atoms with van der Waals surface area (Å²) in [7, 11) is 0. The van der Waals surface area contributed by atoms with Crippen LogP contribution < -0.4 is 0 Å². The largest absolute Gasteiger partial charge is 0.338 e. The number of rotatable bonds is 1. The smallest absolute Gasteiger partial charge is 0.141 e. The van der Waals surface area contributed by atoms with Gasteiger partial charge in [-0.25, -0.2) is 13.8 Å². The summed E-state index contributed by atoms with van der Waals surface area (Å²) in [5, 5.41) is 0. The van der Waals surface area contributed by atoms with Crippen LogP contribution in [0, 0.1) is 18.6 Å². The van der Waals surface area contributed by atoms with Crippen molar-refractivity contribution in [3.63, 3.8) is 0 Å². The van der Waals surface area contributed by atoms with Crippen LogP contribution in [0.25, 0.3) is 22.4 Å². The minimum Gasteiger partial charge on any atom is -0.338 e. The molecule has 2 nitrogen and oxygen atoms in total. The molecule has 1 aromatic heterocycles. The third-order valence-corrected chi connectivity index (χ3v) is 3.51. The first-order valence-corrected chi connectivity index (χ1v) is 6.45. The van der Waals surface area contributed by atoms with Crippen LogP contribution in [0.15, 0.2) is 34.8 Å². The average molecular weight is 323 g/mol. The number of H-pyrrole nitrogens is 1. The summed E-state index contributed by atoms with van der Waals surface area (Å²) in [6.07, 6.45) is 0. The third kappa shape index (κ3) is 2.14. The Hall–Kier alpha value is -1.75. The number of fused-ring (bicyclic) bond motifs is 1. The van der Waals surface area contributed by atoms with Crippen molar-refractivity contribution in [3.05, 3.63) is 52.0 Å². The lowest BCUT2D eigenvalue weighted by Crippen LogP contribution is -1.87. The van der Waals surface area contributed by atoms with Crippen LogP contribution in [-0.2, 0) is 0 Å². The summed E-state index contributed by atoms with van der Waals surface area (Å²) < 4.78 is 27.6. The molecule has 0 atom stereocenters. The van der Waals surface area contributed by atoms with E-state index in [0.717, 1.165) is 5.56 Å². The zero-order valence-corrected chi connectivity index (χ0v) is 11.6. The summed E-state index contributed by atoms with van der Waals surface area (Å²) in [6.45, 7) is 1.88. The molecule has 0 aliphatic carbocycles. The number of nitrogens with zero attached hydrogens (tertiary/aromatic N) is 1. The highest BCUT2D eigenvalue weighted by Crippen LogP contribution is 2.27. The van der Waals surface area contributed by atoms with Crippen molar-refractivity contribution in [3.8, 4) is 11.4 Å². The fourth-order valence-corrected chi connectivity index (χ4v) is 2.28. The molecule has 1 heterocycles. The van der Waals surface area contributed by atoms with E-state index in [0.29, 0.717) is 26.9 Å². The van der Waals surface area contributed by atoms with Gasteiger partial charge in [0.1, 0.15) is 17.5 Å². The first kappa shape index (κ1) is 12.3. The maximum Gasteiger partial charge on any atom is 0.141 e. The number of aromatic amines is 1. The van der Waals surface area contributed by atoms with Gasteiger partial charge in [-0.3, -0.25) is 0 Å². The van der Waals surface area contributed by atoms with Gasteiger partial charge in [0.15, 0.2) is 0 Å². The van der Waals surface area contributed by atoms with Crippen molar-refractivity contribution in [2.75, 3.05) is 0 Å². The van der Waals surface area contributed by atoms with E-state index in [9.17, 15) is 8.78 Å². The fourth-order valence-electron chi connectivity index (χ4n) is 1.95. The molecule has 0 aliphatic heterocycles. The second-order valence-corrected chi connectivity index (χ2v) is 5.21. The van der Waals surface area contributed by atoms with Crippen LogP contribution in [0.1, 0.15) is 5.56 Å². The van der Waals surface area contributed by atoms with Crippen LogP contribution >= 0.6 is 15.9 Å². The molecular formula is C14H9BrF2N2. The summed E-state index contributed by atoms with van der Waals surface area (Å²) in [5.41, 5.74) is 2.44. The van der Waals surface area contributed by atoms with E-state index in [2.05, 4.69) is 25.9 Å². The molecule has 19 heavy (non-hydrogen) atoms. The summed E-state index contributed by atoms with van der Waals surface area (Å²) in [5.74, 6) is -0.342. The average Bonchev–Trinajstić information content (AvgIpc) is 2.75. The van der Waals surface area contributed by atoms with Gasteiger partial charge < -0.3 is 4.98 Å². The molecule has 0 saturated heterocycles. The van der Waals surface area contributed by atoms with Crippen LogP contribution in [0.3, 0.4) is 0 Å². The van der Waals surface area contributed by atoms with E-state index in [1.807, 2.05) is 6.92 Å². The van der Waals surface area contributed by atoms with Crippen molar-refractivity contribution in [2.45, 2.75) is 6.92 Å². The van der Waals surface area contributed by atoms with Crippen molar-refractivity contribution in [1.82, 2.24) is 9.97 Å². The minimum absolute atomic E-state index is 0.336. The molecule has 0 aliphatic rings. The summed E-state index contributed by atoms with van der Waals surface area (Å²) >= 11 is 3.10. The maximum absolute atomic E-state index is 13.8. The SMILES string of the molecule is Cc1ccc(F)c(-c2nc3cc(Br)c(F)cc3[nH]2)c1. The zero-order chi connectivity index (χ0) is 13.6. The van der Waals surface area contributed by atoms with Gasteiger partial charge in [0.05, 0.1) is 21.1 Å². The van der Waals surface area contributed by atoms with Crippen LogP contribution in [0.2, 0.25) is 0 Å². The van der Waals surface area contributed by atoms with Gasteiger partial charge in [-0.1, -0.05) is 11.6 Å². The van der Waals surface area contributed by atoms with Gasteiger partial charge >= 0.3 is 0 Å². The lowest BCUT2D eigenvalue weighted by atomic mass is 10.1. The first-order valence-electron chi connectivity index (χ1n) is 5.66. The molecular weight excluding hydrogens is 314 g/mol. The van der Waals surface area contributed by atoms with Crippen LogP contribution in [-0.4, -0.2) is 9.97 Å². The van der Waals surface area contributed by atoms with E-state index in [4.69, 9.17) is 0 Å². The molecule has 96 valence electrons. The Balaban J connectivity index is 2.23. The summed E-state index contributed by atoms with van der Waals surface area (Å²) in [6, 6.07) is 7.70. The Kier molecular flexibility index (Phi) is 2.86. The van der Waals surface area contributed by atoms with Crippen molar-refractivity contribution in [2.24, 2.45) is 0 Å². The second-order valence-electron chi connectivity index (χ2n) is 4.35. The standard InChI is InChI=1S/C14H9BrF2N2/c1-7-2-3-10(16)8(4-7)14-18-12-5-9(15)11(17)6-13(12)19-14/h2-6H,1H3,(H,18,19). The molecule has 3 aromatic rings. The highest BCUT2D eigenvalue weighted by atomic mass is 79.9. The fraction of sp³-hybridized carbons (Fsp3) is 0.0714. The number of aromatic nitrogens is 2. The molecule has 3 rings (SSSR count). The van der Waals surface area contributed by atoms with E-state index < -0.39 is 0 Å². The zero-order valence-electron chi connectivity index (χ0n) is 9.97. The normalized spacial score (nSPS) is 11.2. The molecule has 0 bridgehead atoms. The van der Waals surface area contributed by atoms with Crippen LogP contribution in [0.4, 0.5) is 8.78 Å². The van der Waals surface area contributed by atoms with E-state index in [1.54, 1.807) is 18.2 Å². The molecule has 5 heteroatoms. The highest BCUT2D eigenvalue weighted by Gasteiger charge is 2.12. The topological polar surface area (TPSA) is 28.7 Å². The highest BCUT2D eigenvalue weighted by molar-refractivity contribution is 9.10. The van der Waals surface area contributed by atoms with Crippen LogP contribution in [0.5, 0.6) is 0 Å². The number of nitrogens with one attached hydrogen (secondary N) is 1. The summed E-state index contributed by atoms with van der Waals surface area (Å²) in [4.78, 5) is 7.23. The van der Waals surface area contributed by atoms with Crippen molar-refractivity contribution in [1.29, 1.82) is 0 Å². The van der Waals surface area contributed by atoms with E-state index in [-0.39, 0.29) is 11.6 Å². The second kappa shape index (κ2) is 4.42. The maximum atomic E-state index is 13.8. The monoisotopic (exact) mass is 322 g/mol. The molecule has 0 amide bonds. The van der Waals surface area contributed by atoms with Gasteiger partial charge in [-0.05, 0) is 41.1 Å². The molecule has 0 fully saturated rings. The molecule has 1 N–H and O–H groups in total. The van der Waals surface area contributed by atoms with Gasteiger partial charge in [-0.2, -0.15) is 0 Å². The van der Waals surface area contributed by atoms with Crippen molar-refractivity contribution >= 4 is 27.0 Å². The van der Waals surface area contributed by atoms with Gasteiger partial charge in [0.2, 0.25) is 0 Å². The minimum atomic E-state index is -0.382. The predicted molar refractivity (Wildman–Crippen MR) is 73.9 cm³/mol. The molecule has 0 radical (unpaired) electrons. The number of benzene rings is 2. The van der Waals surface area contributed by atoms with Crippen molar-refractivity contribution < 1.29 is 8.78 Å². The van der Waals surface area contributed by atoms with E-state index in [1.165, 1.54) is 12.1 Å². The lowest BCUT2D eigenvalue weighted by molar-refractivity contribution is 0.623. The molecule has 0 spiro atoms. The van der Waals surface area contributed by atoms with E-state index >= 15 is 0 Å². The first-order chi connectivity index (χ1) is 9.04. The van der Waals surface area contributed by atoms with Gasteiger partial charge in [-0.15, -0.1) is 0 Å².